The van der Waals surface area contributed by atoms with E-state index >= 15 is 0 Å². The van der Waals surface area contributed by atoms with E-state index < -0.39 is 0 Å². The highest BCUT2D eigenvalue weighted by Gasteiger charge is 2.25. The second-order valence-electron chi connectivity index (χ2n) is 8.08. The van der Waals surface area contributed by atoms with E-state index in [0.717, 1.165) is 43.8 Å². The molecule has 1 saturated heterocycles. The molecule has 4 nitrogen and oxygen atoms in total. The van der Waals surface area contributed by atoms with Crippen LogP contribution in [0.1, 0.15) is 43.7 Å². The average molecular weight is 449 g/mol. The van der Waals surface area contributed by atoms with Gasteiger partial charge >= 0.3 is 0 Å². The Morgan fingerprint density at radius 1 is 1.10 bits per heavy atom. The molecule has 6 heteroatoms. The lowest BCUT2D eigenvalue weighted by atomic mass is 9.95. The monoisotopic (exact) mass is 448 g/mol. The number of carbonyl (C=O) groups excluding carboxylic acids is 1. The standard InChI is InChI=1S/C24H30Cl2N2O2/c1-17(2)19-6-3-4-9-23(19)30-15-12-27-24(29)18-10-13-28(14-11-18)16-20-21(25)7-5-8-22(20)26/h3-9,17-18H,10-16H2,1-2H3,(H,27,29). The lowest BCUT2D eigenvalue weighted by molar-refractivity contribution is -0.126. The van der Waals surface area contributed by atoms with Gasteiger partial charge in [0.25, 0.3) is 0 Å². The molecule has 30 heavy (non-hydrogen) atoms. The number of hydrogen-bond acceptors (Lipinski definition) is 3. The molecule has 2 aromatic carbocycles. The summed E-state index contributed by atoms with van der Waals surface area (Å²) in [5.74, 6) is 1.46. The van der Waals surface area contributed by atoms with E-state index in [2.05, 4.69) is 30.1 Å². The summed E-state index contributed by atoms with van der Waals surface area (Å²) in [5, 5.41) is 4.42. The quantitative estimate of drug-likeness (QED) is 0.540. The fourth-order valence-electron chi connectivity index (χ4n) is 3.83. The van der Waals surface area contributed by atoms with Crippen LogP contribution in [0.3, 0.4) is 0 Å². The summed E-state index contributed by atoms with van der Waals surface area (Å²) in [6, 6.07) is 13.7. The summed E-state index contributed by atoms with van der Waals surface area (Å²) in [7, 11) is 0. The van der Waals surface area contributed by atoms with Crippen molar-refractivity contribution in [3.63, 3.8) is 0 Å². The van der Waals surface area contributed by atoms with E-state index in [4.69, 9.17) is 27.9 Å². The molecule has 1 N–H and O–H groups in total. The zero-order valence-electron chi connectivity index (χ0n) is 17.7. The van der Waals surface area contributed by atoms with Crippen molar-refractivity contribution in [1.82, 2.24) is 10.2 Å². The van der Waals surface area contributed by atoms with Gasteiger partial charge in [-0.15, -0.1) is 0 Å². The van der Waals surface area contributed by atoms with E-state index in [0.29, 0.717) is 29.1 Å². The Morgan fingerprint density at radius 2 is 1.77 bits per heavy atom. The number of ether oxygens (including phenoxy) is 1. The van der Waals surface area contributed by atoms with Gasteiger partial charge in [-0.3, -0.25) is 9.69 Å². The van der Waals surface area contributed by atoms with Crippen LogP contribution in [-0.4, -0.2) is 37.0 Å². The van der Waals surface area contributed by atoms with Crippen LogP contribution in [0.5, 0.6) is 5.75 Å². The maximum atomic E-state index is 12.5. The molecule has 0 bridgehead atoms. The number of nitrogens with zero attached hydrogens (tertiary/aromatic N) is 1. The first kappa shape index (κ1) is 22.9. The van der Waals surface area contributed by atoms with Gasteiger partial charge in [-0.1, -0.05) is 61.3 Å². The zero-order valence-corrected chi connectivity index (χ0v) is 19.2. The third-order valence-corrected chi connectivity index (χ3v) is 6.31. The van der Waals surface area contributed by atoms with Crippen molar-refractivity contribution in [3.8, 4) is 5.75 Å². The van der Waals surface area contributed by atoms with E-state index in [1.54, 1.807) is 0 Å². The van der Waals surface area contributed by atoms with E-state index in [1.165, 1.54) is 5.56 Å². The minimum atomic E-state index is 0.0471. The van der Waals surface area contributed by atoms with Crippen molar-refractivity contribution in [3.05, 3.63) is 63.6 Å². The number of nitrogens with one attached hydrogen (secondary N) is 1. The van der Waals surface area contributed by atoms with Crippen molar-refractivity contribution in [2.45, 2.75) is 39.2 Å². The summed E-state index contributed by atoms with van der Waals surface area (Å²) >= 11 is 12.6. The molecule has 0 aromatic heterocycles. The Balaban J connectivity index is 1.40. The van der Waals surface area contributed by atoms with Crippen LogP contribution in [0.2, 0.25) is 10.0 Å². The number of amides is 1. The summed E-state index contributed by atoms with van der Waals surface area (Å²) in [4.78, 5) is 14.8. The molecule has 0 saturated carbocycles. The first-order valence-electron chi connectivity index (χ1n) is 10.6. The molecular formula is C24H30Cl2N2O2. The van der Waals surface area contributed by atoms with Gasteiger partial charge in [-0.05, 0) is 55.6 Å². The van der Waals surface area contributed by atoms with Crippen LogP contribution in [-0.2, 0) is 11.3 Å². The van der Waals surface area contributed by atoms with Crippen LogP contribution in [0, 0.1) is 5.92 Å². The van der Waals surface area contributed by atoms with Crippen LogP contribution in [0.15, 0.2) is 42.5 Å². The number of para-hydroxylation sites is 1. The summed E-state index contributed by atoms with van der Waals surface area (Å²) in [5.41, 5.74) is 2.15. The van der Waals surface area contributed by atoms with Crippen LogP contribution < -0.4 is 10.1 Å². The number of benzene rings is 2. The van der Waals surface area contributed by atoms with Crippen molar-refractivity contribution >= 4 is 29.1 Å². The highest BCUT2D eigenvalue weighted by molar-refractivity contribution is 6.35. The lowest BCUT2D eigenvalue weighted by Crippen LogP contribution is -2.41. The smallest absolute Gasteiger partial charge is 0.223 e. The predicted molar refractivity (Wildman–Crippen MR) is 123 cm³/mol. The zero-order chi connectivity index (χ0) is 21.5. The lowest BCUT2D eigenvalue weighted by Gasteiger charge is -2.31. The molecule has 1 heterocycles. The van der Waals surface area contributed by atoms with Gasteiger partial charge < -0.3 is 10.1 Å². The van der Waals surface area contributed by atoms with Gasteiger partial charge in [0.05, 0.1) is 6.54 Å². The normalized spacial score (nSPS) is 15.4. The Hall–Kier alpha value is -1.75. The highest BCUT2D eigenvalue weighted by Crippen LogP contribution is 2.28. The van der Waals surface area contributed by atoms with Gasteiger partial charge in [-0.2, -0.15) is 0 Å². The van der Waals surface area contributed by atoms with Crippen LogP contribution in [0.4, 0.5) is 0 Å². The van der Waals surface area contributed by atoms with Gasteiger partial charge in [0.1, 0.15) is 12.4 Å². The molecule has 0 aliphatic carbocycles. The number of rotatable bonds is 8. The van der Waals surface area contributed by atoms with Gasteiger partial charge in [0, 0.05) is 28.1 Å². The largest absolute Gasteiger partial charge is 0.491 e. The molecule has 162 valence electrons. The van der Waals surface area contributed by atoms with E-state index in [9.17, 15) is 4.79 Å². The molecule has 0 unspecified atom stereocenters. The maximum absolute atomic E-state index is 12.5. The van der Waals surface area contributed by atoms with Crippen molar-refractivity contribution < 1.29 is 9.53 Å². The number of hydrogen-bond donors (Lipinski definition) is 1. The molecule has 1 amide bonds. The van der Waals surface area contributed by atoms with E-state index in [-0.39, 0.29) is 11.8 Å². The van der Waals surface area contributed by atoms with Gasteiger partial charge in [0.15, 0.2) is 0 Å². The van der Waals surface area contributed by atoms with Crippen LogP contribution >= 0.6 is 23.2 Å². The summed E-state index contributed by atoms with van der Waals surface area (Å²) < 4.78 is 5.89. The molecule has 0 atom stereocenters. The number of halogens is 2. The fourth-order valence-corrected chi connectivity index (χ4v) is 4.35. The first-order valence-corrected chi connectivity index (χ1v) is 11.4. The minimum absolute atomic E-state index is 0.0471. The number of piperidine rings is 1. The first-order chi connectivity index (χ1) is 14.5. The summed E-state index contributed by atoms with van der Waals surface area (Å²) in [6.07, 6.45) is 1.68. The Kier molecular flexibility index (Phi) is 8.43. The second kappa shape index (κ2) is 11.0. The fraction of sp³-hybridized carbons (Fsp3) is 0.458. The van der Waals surface area contributed by atoms with Crippen molar-refractivity contribution in [1.29, 1.82) is 0 Å². The highest BCUT2D eigenvalue weighted by atomic mass is 35.5. The third-order valence-electron chi connectivity index (χ3n) is 5.60. The van der Waals surface area contributed by atoms with Crippen molar-refractivity contribution in [2.75, 3.05) is 26.2 Å². The second-order valence-corrected chi connectivity index (χ2v) is 8.90. The third kappa shape index (κ3) is 6.13. The van der Waals surface area contributed by atoms with Gasteiger partial charge in [0.2, 0.25) is 5.91 Å². The Bertz CT molecular complexity index is 829. The topological polar surface area (TPSA) is 41.6 Å². The molecule has 0 radical (unpaired) electrons. The van der Waals surface area contributed by atoms with Gasteiger partial charge in [-0.25, -0.2) is 0 Å². The molecule has 1 aliphatic heterocycles. The number of carbonyl (C=O) groups is 1. The SMILES string of the molecule is CC(C)c1ccccc1OCCNC(=O)C1CCN(Cc2c(Cl)cccc2Cl)CC1. The molecule has 1 aliphatic rings. The van der Waals surface area contributed by atoms with Crippen LogP contribution in [0.25, 0.3) is 0 Å². The molecule has 2 aromatic rings. The molecule has 3 rings (SSSR count). The summed E-state index contributed by atoms with van der Waals surface area (Å²) in [6.45, 7) is 7.72. The Labute approximate surface area is 189 Å². The average Bonchev–Trinajstić information content (AvgIpc) is 2.74. The molecule has 1 fully saturated rings. The maximum Gasteiger partial charge on any atom is 0.223 e. The molecule has 0 spiro atoms. The Morgan fingerprint density at radius 3 is 2.43 bits per heavy atom. The minimum Gasteiger partial charge on any atom is -0.491 e. The van der Waals surface area contributed by atoms with Crippen molar-refractivity contribution in [2.24, 2.45) is 5.92 Å². The van der Waals surface area contributed by atoms with E-state index in [1.807, 2.05) is 36.4 Å². The number of likely N-dealkylation sites (tertiary alicyclic amines) is 1. The molecular weight excluding hydrogens is 419 g/mol. The predicted octanol–water partition coefficient (Wildman–Crippen LogP) is 5.52.